The molecule has 1 aromatic heterocycles. The minimum absolute atomic E-state index is 0.204. The van der Waals surface area contributed by atoms with E-state index in [0.29, 0.717) is 47.2 Å². The van der Waals surface area contributed by atoms with E-state index in [9.17, 15) is 18.0 Å². The minimum Gasteiger partial charge on any atom is -0.406 e. The zero-order valence-corrected chi connectivity index (χ0v) is 19.4. The lowest BCUT2D eigenvalue weighted by Gasteiger charge is -2.29. The van der Waals surface area contributed by atoms with Crippen molar-refractivity contribution in [2.24, 2.45) is 0 Å². The molecular formula is C22H22F3N3O3S2. The third-order valence-electron chi connectivity index (χ3n) is 5.12. The Bertz CT molecular complexity index is 1120. The summed E-state index contributed by atoms with van der Waals surface area (Å²) in [5.41, 5.74) is 1.04. The van der Waals surface area contributed by atoms with Crippen LogP contribution >= 0.6 is 23.1 Å². The fourth-order valence-electron chi connectivity index (χ4n) is 3.47. The number of amides is 1. The normalized spacial score (nSPS) is 15.0. The van der Waals surface area contributed by atoms with Gasteiger partial charge in [-0.05, 0) is 36.6 Å². The summed E-state index contributed by atoms with van der Waals surface area (Å²) in [6.45, 7) is 3.88. The van der Waals surface area contributed by atoms with E-state index in [1.165, 1.54) is 18.2 Å². The average Bonchev–Trinajstić information content (AvgIpc) is 3.21. The number of ether oxygens (including phenoxy) is 2. The molecule has 2 heterocycles. The van der Waals surface area contributed by atoms with E-state index in [2.05, 4.69) is 14.6 Å². The van der Waals surface area contributed by atoms with Gasteiger partial charge in [-0.15, -0.1) is 24.9 Å². The van der Waals surface area contributed by atoms with Crippen molar-refractivity contribution in [1.82, 2.24) is 9.88 Å². The maximum Gasteiger partial charge on any atom is 0.573 e. The third kappa shape index (κ3) is 6.17. The predicted octanol–water partition coefficient (Wildman–Crippen LogP) is 4.90. The SMILES string of the molecule is CSc1cccc(C(=O)N(CCN2CCOCC2)c2nc3ccc(OC(F)(F)F)cc3s2)c1. The molecule has 0 bridgehead atoms. The van der Waals surface area contributed by atoms with Crippen LogP contribution in [0.5, 0.6) is 5.75 Å². The minimum atomic E-state index is -4.77. The van der Waals surface area contributed by atoms with Gasteiger partial charge in [-0.3, -0.25) is 14.6 Å². The zero-order valence-electron chi connectivity index (χ0n) is 17.8. The molecule has 1 aliphatic rings. The van der Waals surface area contributed by atoms with Gasteiger partial charge in [-0.2, -0.15) is 0 Å². The van der Waals surface area contributed by atoms with Crippen LogP contribution in [0, 0.1) is 0 Å². The van der Waals surface area contributed by atoms with Gasteiger partial charge in [0.25, 0.3) is 5.91 Å². The molecule has 33 heavy (non-hydrogen) atoms. The summed E-state index contributed by atoms with van der Waals surface area (Å²) in [4.78, 5) is 22.8. The number of carbonyl (C=O) groups excluding carboxylic acids is 1. The first-order valence-electron chi connectivity index (χ1n) is 10.2. The van der Waals surface area contributed by atoms with E-state index >= 15 is 0 Å². The highest BCUT2D eigenvalue weighted by atomic mass is 32.2. The van der Waals surface area contributed by atoms with Crippen LogP contribution in [0.4, 0.5) is 18.3 Å². The molecule has 0 N–H and O–H groups in total. The van der Waals surface area contributed by atoms with Crippen molar-refractivity contribution in [1.29, 1.82) is 0 Å². The molecule has 1 amide bonds. The average molecular weight is 498 g/mol. The van der Waals surface area contributed by atoms with Gasteiger partial charge in [0.15, 0.2) is 5.13 Å². The Morgan fingerprint density at radius 3 is 2.76 bits per heavy atom. The molecule has 0 unspecified atom stereocenters. The van der Waals surface area contributed by atoms with E-state index in [4.69, 9.17) is 4.74 Å². The molecule has 0 saturated carbocycles. The number of anilines is 1. The number of hydrogen-bond acceptors (Lipinski definition) is 7. The van der Waals surface area contributed by atoms with Crippen molar-refractivity contribution in [2.45, 2.75) is 11.3 Å². The number of thioether (sulfide) groups is 1. The maximum atomic E-state index is 13.5. The Hall–Kier alpha value is -2.34. The molecule has 1 fully saturated rings. The molecule has 1 saturated heterocycles. The molecule has 3 aromatic rings. The van der Waals surface area contributed by atoms with Gasteiger partial charge in [0.1, 0.15) is 5.75 Å². The Morgan fingerprint density at radius 1 is 1.24 bits per heavy atom. The summed E-state index contributed by atoms with van der Waals surface area (Å²) in [6.07, 6.45) is -2.84. The summed E-state index contributed by atoms with van der Waals surface area (Å²) >= 11 is 2.71. The molecule has 176 valence electrons. The first-order valence-corrected chi connectivity index (χ1v) is 12.3. The second-order valence-electron chi connectivity index (χ2n) is 7.32. The summed E-state index contributed by atoms with van der Waals surface area (Å²) in [6, 6.07) is 11.3. The van der Waals surface area contributed by atoms with Crippen LogP contribution in [0.1, 0.15) is 10.4 Å². The Morgan fingerprint density at radius 2 is 2.03 bits per heavy atom. The standard InChI is InChI=1S/C22H22F3N3O3S2/c1-32-17-4-2-3-15(13-17)20(29)28(8-7-27-9-11-30-12-10-27)21-26-18-6-5-16(14-19(18)33-21)31-22(23,24)25/h2-6,13-14H,7-12H2,1H3. The van der Waals surface area contributed by atoms with Gasteiger partial charge in [-0.25, -0.2) is 4.98 Å². The maximum absolute atomic E-state index is 13.5. The van der Waals surface area contributed by atoms with E-state index in [-0.39, 0.29) is 11.7 Å². The molecule has 2 aromatic carbocycles. The molecule has 0 atom stereocenters. The number of carbonyl (C=O) groups is 1. The molecular weight excluding hydrogens is 475 g/mol. The van der Waals surface area contributed by atoms with E-state index in [1.54, 1.807) is 22.7 Å². The monoisotopic (exact) mass is 497 g/mol. The first-order chi connectivity index (χ1) is 15.8. The van der Waals surface area contributed by atoms with Crippen molar-refractivity contribution >= 4 is 44.4 Å². The summed E-state index contributed by atoms with van der Waals surface area (Å²) < 4.78 is 47.7. The number of morpholine rings is 1. The quantitative estimate of drug-likeness (QED) is 0.433. The molecule has 1 aliphatic heterocycles. The topological polar surface area (TPSA) is 54.9 Å². The van der Waals surface area contributed by atoms with Crippen LogP contribution in [-0.2, 0) is 4.74 Å². The van der Waals surface area contributed by atoms with Gasteiger partial charge in [0.2, 0.25) is 0 Å². The first kappa shape index (κ1) is 23.8. The molecule has 4 rings (SSSR count). The van der Waals surface area contributed by atoms with Gasteiger partial charge in [-0.1, -0.05) is 17.4 Å². The highest BCUT2D eigenvalue weighted by Crippen LogP contribution is 2.34. The molecule has 0 radical (unpaired) electrons. The third-order valence-corrected chi connectivity index (χ3v) is 6.88. The summed E-state index contributed by atoms with van der Waals surface area (Å²) in [7, 11) is 0. The number of hydrogen-bond donors (Lipinski definition) is 0. The molecule has 0 aliphatic carbocycles. The van der Waals surface area contributed by atoms with Gasteiger partial charge < -0.3 is 9.47 Å². The van der Waals surface area contributed by atoms with Gasteiger partial charge in [0, 0.05) is 42.7 Å². The Balaban J connectivity index is 1.63. The zero-order chi connectivity index (χ0) is 23.4. The smallest absolute Gasteiger partial charge is 0.406 e. The predicted molar refractivity (Wildman–Crippen MR) is 123 cm³/mol. The van der Waals surface area contributed by atoms with Crippen molar-refractivity contribution in [3.63, 3.8) is 0 Å². The van der Waals surface area contributed by atoms with Crippen LogP contribution in [0.25, 0.3) is 10.2 Å². The van der Waals surface area contributed by atoms with Gasteiger partial charge >= 0.3 is 6.36 Å². The van der Waals surface area contributed by atoms with Crippen LogP contribution in [0.15, 0.2) is 47.4 Å². The number of alkyl halides is 3. The van der Waals surface area contributed by atoms with E-state index in [0.717, 1.165) is 29.3 Å². The fraction of sp³-hybridized carbons (Fsp3) is 0.364. The highest BCUT2D eigenvalue weighted by molar-refractivity contribution is 7.98. The number of nitrogens with zero attached hydrogens (tertiary/aromatic N) is 3. The fourth-order valence-corrected chi connectivity index (χ4v) is 4.95. The second kappa shape index (κ2) is 10.3. The van der Waals surface area contributed by atoms with Crippen molar-refractivity contribution in [2.75, 3.05) is 50.5 Å². The number of rotatable bonds is 7. The molecule has 6 nitrogen and oxygen atoms in total. The lowest BCUT2D eigenvalue weighted by atomic mass is 10.2. The van der Waals surface area contributed by atoms with Crippen molar-refractivity contribution in [3.8, 4) is 5.75 Å². The van der Waals surface area contributed by atoms with E-state index < -0.39 is 6.36 Å². The molecule has 0 spiro atoms. The van der Waals surface area contributed by atoms with E-state index in [1.807, 2.05) is 24.5 Å². The lowest BCUT2D eigenvalue weighted by Crippen LogP contribution is -2.43. The van der Waals surface area contributed by atoms with Crippen molar-refractivity contribution in [3.05, 3.63) is 48.0 Å². The Labute approximate surface area is 197 Å². The lowest BCUT2D eigenvalue weighted by molar-refractivity contribution is -0.274. The number of fused-ring (bicyclic) bond motifs is 1. The van der Waals surface area contributed by atoms with Crippen LogP contribution in [-0.4, -0.2) is 67.8 Å². The summed E-state index contributed by atoms with van der Waals surface area (Å²) in [5, 5.41) is 0.432. The van der Waals surface area contributed by atoms with Gasteiger partial charge in [0.05, 0.1) is 23.4 Å². The largest absolute Gasteiger partial charge is 0.573 e. The highest BCUT2D eigenvalue weighted by Gasteiger charge is 2.31. The summed E-state index contributed by atoms with van der Waals surface area (Å²) in [5.74, 6) is -0.519. The van der Waals surface area contributed by atoms with Crippen LogP contribution in [0.3, 0.4) is 0 Å². The van der Waals surface area contributed by atoms with Crippen LogP contribution in [0.2, 0.25) is 0 Å². The number of halogens is 3. The second-order valence-corrected chi connectivity index (χ2v) is 9.21. The van der Waals surface area contributed by atoms with Crippen molar-refractivity contribution < 1.29 is 27.4 Å². The number of benzene rings is 2. The number of thiazole rings is 1. The Kier molecular flexibility index (Phi) is 7.42. The number of aromatic nitrogens is 1. The molecule has 11 heteroatoms. The van der Waals surface area contributed by atoms with Crippen LogP contribution < -0.4 is 9.64 Å².